The maximum atomic E-state index is 12.6. The van der Waals surface area contributed by atoms with Crippen molar-refractivity contribution in [3.63, 3.8) is 0 Å². The van der Waals surface area contributed by atoms with E-state index in [0.717, 1.165) is 5.56 Å². The number of hydrogen-bond acceptors (Lipinski definition) is 3. The summed E-state index contributed by atoms with van der Waals surface area (Å²) in [5, 5.41) is 3.54. The van der Waals surface area contributed by atoms with Gasteiger partial charge >= 0.3 is 6.18 Å². The Hall–Kier alpha value is -1.27. The van der Waals surface area contributed by atoms with Gasteiger partial charge in [-0.05, 0) is 25.1 Å². The van der Waals surface area contributed by atoms with Crippen LogP contribution in [0.3, 0.4) is 0 Å². The number of halogens is 4. The van der Waals surface area contributed by atoms with E-state index in [0.29, 0.717) is 23.9 Å². The number of alkyl halides is 3. The van der Waals surface area contributed by atoms with E-state index in [2.05, 4.69) is 10.3 Å². The van der Waals surface area contributed by atoms with Crippen LogP contribution in [0.5, 0.6) is 0 Å². The van der Waals surface area contributed by atoms with Crippen LogP contribution in [-0.2, 0) is 6.54 Å². The number of pyridine rings is 1. The number of nitrogens with one attached hydrogen (secondary N) is 1. The molecule has 0 unspecified atom stereocenters. The Bertz CT molecular complexity index is 514. The number of anilines is 1. The first kappa shape index (κ1) is 15.1. The molecule has 2 heterocycles. The third-order valence-corrected chi connectivity index (χ3v) is 3.53. The minimum atomic E-state index is -4.23. The van der Waals surface area contributed by atoms with E-state index in [-0.39, 0.29) is 13.0 Å². The van der Waals surface area contributed by atoms with Crippen molar-refractivity contribution in [2.24, 2.45) is 0 Å². The van der Waals surface area contributed by atoms with Crippen molar-refractivity contribution in [1.29, 1.82) is 0 Å². The molecule has 0 aliphatic carbocycles. The molecule has 0 spiro atoms. The molecule has 1 aliphatic heterocycles. The highest BCUT2D eigenvalue weighted by molar-refractivity contribution is 6.31. The van der Waals surface area contributed by atoms with E-state index in [1.807, 2.05) is 11.0 Å². The average molecular weight is 306 g/mol. The summed E-state index contributed by atoms with van der Waals surface area (Å²) in [6.07, 6.45) is -1.49. The van der Waals surface area contributed by atoms with Crippen LogP contribution in [-0.4, -0.2) is 31.3 Å². The van der Waals surface area contributed by atoms with Crippen molar-refractivity contribution >= 4 is 17.4 Å². The molecule has 2 rings (SSSR count). The molecular formula is C13H15ClF3N3. The Kier molecular flexibility index (Phi) is 4.55. The molecule has 0 atom stereocenters. The van der Waals surface area contributed by atoms with Gasteiger partial charge in [0.2, 0.25) is 0 Å². The molecule has 3 nitrogen and oxygen atoms in total. The van der Waals surface area contributed by atoms with Gasteiger partial charge in [0.1, 0.15) is 5.82 Å². The van der Waals surface area contributed by atoms with Gasteiger partial charge in [-0.3, -0.25) is 0 Å². The van der Waals surface area contributed by atoms with Gasteiger partial charge in [0, 0.05) is 31.4 Å². The zero-order valence-electron chi connectivity index (χ0n) is 11.0. The maximum Gasteiger partial charge on any atom is 0.412 e. The third-order valence-electron chi connectivity index (χ3n) is 3.18. The Morgan fingerprint density at radius 1 is 1.45 bits per heavy atom. The van der Waals surface area contributed by atoms with E-state index < -0.39 is 11.7 Å². The summed E-state index contributed by atoms with van der Waals surface area (Å²) in [7, 11) is 1.80. The van der Waals surface area contributed by atoms with Gasteiger partial charge in [-0.1, -0.05) is 17.7 Å². The topological polar surface area (TPSA) is 28.2 Å². The molecule has 20 heavy (non-hydrogen) atoms. The second kappa shape index (κ2) is 6.01. The lowest BCUT2D eigenvalue weighted by molar-refractivity contribution is -0.0944. The van der Waals surface area contributed by atoms with Gasteiger partial charge < -0.3 is 10.2 Å². The largest absolute Gasteiger partial charge is 0.412 e. The number of rotatable bonds is 3. The molecule has 1 aromatic heterocycles. The van der Waals surface area contributed by atoms with Crippen molar-refractivity contribution in [3.8, 4) is 0 Å². The van der Waals surface area contributed by atoms with Crippen LogP contribution in [0, 0.1) is 0 Å². The average Bonchev–Trinajstić information content (AvgIpc) is 2.41. The van der Waals surface area contributed by atoms with Gasteiger partial charge in [0.15, 0.2) is 0 Å². The molecular weight excluding hydrogens is 291 g/mol. The summed E-state index contributed by atoms with van der Waals surface area (Å²) in [4.78, 5) is 6.00. The summed E-state index contributed by atoms with van der Waals surface area (Å²) in [5.74, 6) is 0.650. The van der Waals surface area contributed by atoms with Gasteiger partial charge in [-0.25, -0.2) is 4.98 Å². The highest BCUT2D eigenvalue weighted by Crippen LogP contribution is 2.31. The lowest BCUT2D eigenvalue weighted by Crippen LogP contribution is -2.32. The first-order chi connectivity index (χ1) is 9.41. The monoisotopic (exact) mass is 305 g/mol. The van der Waals surface area contributed by atoms with E-state index in [4.69, 9.17) is 11.6 Å². The Morgan fingerprint density at radius 3 is 2.75 bits per heavy atom. The van der Waals surface area contributed by atoms with Crippen LogP contribution in [0.1, 0.15) is 12.0 Å². The lowest BCUT2D eigenvalue weighted by atomic mass is 10.1. The quantitative estimate of drug-likeness (QED) is 0.870. The highest BCUT2D eigenvalue weighted by Gasteiger charge is 2.34. The smallest absolute Gasteiger partial charge is 0.353 e. The third kappa shape index (κ3) is 3.43. The molecule has 1 aliphatic rings. The normalized spacial score (nSPS) is 16.2. The molecule has 0 fully saturated rings. The second-order valence-corrected chi connectivity index (χ2v) is 4.99. The standard InChI is InChI=1S/C13H15ClF3N3/c1-18-7-9-6-12(19-8-11(9)14)20-4-2-10(3-5-20)13(15,16)17/h2,6,8,18H,3-5,7H2,1H3. The minimum absolute atomic E-state index is 0.0187. The number of nitrogens with zero attached hydrogens (tertiary/aromatic N) is 2. The SMILES string of the molecule is CNCc1cc(N2CC=C(C(F)(F)F)CC2)ncc1Cl. The molecule has 0 saturated carbocycles. The van der Waals surface area contributed by atoms with Crippen molar-refractivity contribution in [1.82, 2.24) is 10.3 Å². The van der Waals surface area contributed by atoms with Gasteiger partial charge in [0.05, 0.1) is 5.02 Å². The molecule has 0 aromatic carbocycles. The van der Waals surface area contributed by atoms with Crippen molar-refractivity contribution in [2.75, 3.05) is 25.0 Å². The van der Waals surface area contributed by atoms with Crippen LogP contribution in [0.25, 0.3) is 0 Å². The van der Waals surface area contributed by atoms with Crippen molar-refractivity contribution < 1.29 is 13.2 Å². The summed E-state index contributed by atoms with van der Waals surface area (Å²) >= 11 is 6.02. The molecule has 7 heteroatoms. The molecule has 0 amide bonds. The van der Waals surface area contributed by atoms with E-state index in [1.54, 1.807) is 7.05 Å². The number of hydrogen-bond donors (Lipinski definition) is 1. The van der Waals surface area contributed by atoms with Crippen LogP contribution >= 0.6 is 11.6 Å². The van der Waals surface area contributed by atoms with Crippen LogP contribution < -0.4 is 10.2 Å². The minimum Gasteiger partial charge on any atom is -0.353 e. The number of aromatic nitrogens is 1. The predicted octanol–water partition coefficient (Wildman–Crippen LogP) is 3.15. The van der Waals surface area contributed by atoms with Crippen LogP contribution in [0.15, 0.2) is 23.9 Å². The first-order valence-electron chi connectivity index (χ1n) is 6.22. The zero-order chi connectivity index (χ0) is 14.8. The molecule has 0 radical (unpaired) electrons. The Morgan fingerprint density at radius 2 is 2.20 bits per heavy atom. The summed E-state index contributed by atoms with van der Waals surface area (Å²) in [6.45, 7) is 1.10. The van der Waals surface area contributed by atoms with Crippen molar-refractivity contribution in [2.45, 2.75) is 19.1 Å². The van der Waals surface area contributed by atoms with E-state index in [9.17, 15) is 13.2 Å². The summed E-state index contributed by atoms with van der Waals surface area (Å²) < 4.78 is 37.7. The fourth-order valence-corrected chi connectivity index (χ4v) is 2.27. The first-order valence-corrected chi connectivity index (χ1v) is 6.60. The molecule has 110 valence electrons. The summed E-state index contributed by atoms with van der Waals surface area (Å²) in [5.41, 5.74) is 0.419. The molecule has 0 bridgehead atoms. The van der Waals surface area contributed by atoms with E-state index in [1.165, 1.54) is 12.3 Å². The van der Waals surface area contributed by atoms with Gasteiger partial charge in [-0.15, -0.1) is 0 Å². The Labute approximate surface area is 120 Å². The fraction of sp³-hybridized carbons (Fsp3) is 0.462. The summed E-state index contributed by atoms with van der Waals surface area (Å²) in [6, 6.07) is 1.81. The van der Waals surface area contributed by atoms with Gasteiger partial charge in [-0.2, -0.15) is 13.2 Å². The maximum absolute atomic E-state index is 12.6. The van der Waals surface area contributed by atoms with Gasteiger partial charge in [0.25, 0.3) is 0 Å². The fourth-order valence-electron chi connectivity index (χ4n) is 2.10. The molecule has 1 aromatic rings. The molecule has 0 saturated heterocycles. The van der Waals surface area contributed by atoms with E-state index >= 15 is 0 Å². The Balaban J connectivity index is 2.15. The molecule has 1 N–H and O–H groups in total. The predicted molar refractivity (Wildman–Crippen MR) is 73.0 cm³/mol. The van der Waals surface area contributed by atoms with Crippen molar-refractivity contribution in [3.05, 3.63) is 34.5 Å². The zero-order valence-corrected chi connectivity index (χ0v) is 11.7. The second-order valence-electron chi connectivity index (χ2n) is 4.59. The lowest BCUT2D eigenvalue weighted by Gasteiger charge is -2.28. The van der Waals surface area contributed by atoms with Crippen LogP contribution in [0.4, 0.5) is 19.0 Å². The highest BCUT2D eigenvalue weighted by atomic mass is 35.5. The van der Waals surface area contributed by atoms with Crippen LogP contribution in [0.2, 0.25) is 5.02 Å².